The third kappa shape index (κ3) is 9.49. The lowest BCUT2D eigenvalue weighted by Gasteiger charge is -2.28. The zero-order chi connectivity index (χ0) is 17.4. The number of esters is 2. The van der Waals surface area contributed by atoms with Crippen molar-refractivity contribution in [3.8, 4) is 0 Å². The first-order valence-corrected chi connectivity index (χ1v) is 6.82. The van der Waals surface area contributed by atoms with Gasteiger partial charge in [0, 0.05) is 12.7 Å². The summed E-state index contributed by atoms with van der Waals surface area (Å²) >= 11 is 0. The van der Waals surface area contributed by atoms with Crippen LogP contribution in [-0.2, 0) is 28.5 Å². The lowest BCUT2D eigenvalue weighted by molar-refractivity contribution is -0.175. The van der Waals surface area contributed by atoms with Crippen LogP contribution in [-0.4, -0.2) is 55.4 Å². The Labute approximate surface area is 131 Å². The van der Waals surface area contributed by atoms with Crippen LogP contribution < -0.4 is 0 Å². The summed E-state index contributed by atoms with van der Waals surface area (Å²) < 4.78 is 19.9. The first kappa shape index (κ1) is 20.6. The second kappa shape index (κ2) is 8.87. The van der Waals surface area contributed by atoms with Crippen LogP contribution >= 0.6 is 0 Å². The molecule has 0 aliphatic heterocycles. The van der Waals surface area contributed by atoms with Gasteiger partial charge in [-0.15, -0.1) is 0 Å². The summed E-state index contributed by atoms with van der Waals surface area (Å²) in [6.07, 6.45) is -0.378. The fourth-order valence-corrected chi connectivity index (χ4v) is 1.43. The Morgan fingerprint density at radius 2 is 1.77 bits per heavy atom. The summed E-state index contributed by atoms with van der Waals surface area (Å²) in [5.41, 5.74) is -2.19. The zero-order valence-electron chi connectivity index (χ0n) is 13.9. The van der Waals surface area contributed by atoms with Crippen LogP contribution in [0.15, 0.2) is 12.2 Å². The number of aliphatic hydroxyl groups is 1. The van der Waals surface area contributed by atoms with Gasteiger partial charge in [0.1, 0.15) is 24.6 Å². The van der Waals surface area contributed by atoms with E-state index < -0.39 is 29.7 Å². The molecule has 0 amide bonds. The Morgan fingerprint density at radius 3 is 2.23 bits per heavy atom. The predicted octanol–water partition coefficient (Wildman–Crippen LogP) is 1.19. The molecular weight excluding hydrogens is 292 g/mol. The third-order valence-electron chi connectivity index (χ3n) is 2.29. The van der Waals surface area contributed by atoms with Crippen molar-refractivity contribution in [2.45, 2.75) is 45.3 Å². The highest BCUT2D eigenvalue weighted by Gasteiger charge is 2.34. The molecule has 22 heavy (non-hydrogen) atoms. The van der Waals surface area contributed by atoms with Gasteiger partial charge in [-0.1, -0.05) is 6.58 Å². The summed E-state index contributed by atoms with van der Waals surface area (Å²) in [6.45, 7) is 9.34. The Morgan fingerprint density at radius 1 is 1.18 bits per heavy atom. The van der Waals surface area contributed by atoms with E-state index in [2.05, 4.69) is 6.58 Å². The van der Waals surface area contributed by atoms with Crippen molar-refractivity contribution in [2.24, 2.45) is 0 Å². The average Bonchev–Trinajstić information content (AvgIpc) is 2.33. The van der Waals surface area contributed by atoms with Crippen molar-refractivity contribution in [1.29, 1.82) is 0 Å². The Kier molecular flexibility index (Phi) is 8.29. The molecule has 0 aliphatic carbocycles. The van der Waals surface area contributed by atoms with Gasteiger partial charge in [-0.3, -0.25) is 4.79 Å². The molecule has 1 unspecified atom stereocenters. The summed E-state index contributed by atoms with van der Waals surface area (Å²) in [7, 11) is 1.42. The molecule has 0 heterocycles. The third-order valence-corrected chi connectivity index (χ3v) is 2.29. The van der Waals surface area contributed by atoms with Gasteiger partial charge in [-0.25, -0.2) is 4.79 Å². The molecule has 0 rings (SSSR count). The molecule has 1 atom stereocenters. The molecule has 0 aromatic carbocycles. The number of hydrogen-bond donors (Lipinski definition) is 1. The molecule has 1 N–H and O–H groups in total. The Balaban J connectivity index is 4.73. The quantitative estimate of drug-likeness (QED) is 0.295. The van der Waals surface area contributed by atoms with Gasteiger partial charge in [0.2, 0.25) is 0 Å². The average molecular weight is 318 g/mol. The maximum absolute atomic E-state index is 11.9. The van der Waals surface area contributed by atoms with E-state index in [1.807, 2.05) is 0 Å². The second-order valence-corrected chi connectivity index (χ2v) is 6.10. The molecule has 0 saturated heterocycles. The summed E-state index contributed by atoms with van der Waals surface area (Å²) in [4.78, 5) is 23.3. The van der Waals surface area contributed by atoms with Crippen molar-refractivity contribution >= 4 is 11.9 Å². The summed E-state index contributed by atoms with van der Waals surface area (Å²) in [5.74, 6) is -1.28. The number of rotatable bonds is 9. The lowest BCUT2D eigenvalue weighted by Crippen LogP contribution is -2.44. The molecule has 0 bridgehead atoms. The largest absolute Gasteiger partial charge is 0.460 e. The fourth-order valence-electron chi connectivity index (χ4n) is 1.43. The summed E-state index contributed by atoms with van der Waals surface area (Å²) in [5, 5.41) is 10.4. The Hall–Kier alpha value is -1.44. The van der Waals surface area contributed by atoms with Crippen LogP contribution in [0.4, 0.5) is 0 Å². The topological polar surface area (TPSA) is 91.3 Å². The Bertz CT molecular complexity index is 397. The normalized spacial score (nSPS) is 14.1. The predicted molar refractivity (Wildman–Crippen MR) is 79.0 cm³/mol. The van der Waals surface area contributed by atoms with E-state index in [9.17, 15) is 14.7 Å². The number of carbonyl (C=O) groups is 2. The molecule has 0 aromatic rings. The standard InChI is InChI=1S/C15H26O7/c1-11(2)13(17)21-9-15(18,8-20-10-19-6)7-12(16)22-14(3,4)5/h18H,1,7-10H2,2-6H3. The maximum Gasteiger partial charge on any atom is 0.333 e. The number of hydrogen-bond acceptors (Lipinski definition) is 7. The van der Waals surface area contributed by atoms with E-state index in [0.29, 0.717) is 0 Å². The van der Waals surface area contributed by atoms with E-state index in [1.54, 1.807) is 20.8 Å². The van der Waals surface area contributed by atoms with Crippen LogP contribution in [0.5, 0.6) is 0 Å². The van der Waals surface area contributed by atoms with E-state index in [1.165, 1.54) is 14.0 Å². The first-order valence-electron chi connectivity index (χ1n) is 6.82. The van der Waals surface area contributed by atoms with Crippen LogP contribution in [0.1, 0.15) is 34.1 Å². The minimum atomic E-state index is -1.70. The fraction of sp³-hybridized carbons (Fsp3) is 0.733. The SMILES string of the molecule is C=C(C)C(=O)OCC(O)(COCOC)CC(=O)OC(C)(C)C. The molecule has 0 spiro atoms. The van der Waals surface area contributed by atoms with Crippen molar-refractivity contribution in [1.82, 2.24) is 0 Å². The molecule has 0 saturated carbocycles. The highest BCUT2D eigenvalue weighted by molar-refractivity contribution is 5.87. The van der Waals surface area contributed by atoms with E-state index >= 15 is 0 Å². The number of carbonyl (C=O) groups excluding carboxylic acids is 2. The molecule has 128 valence electrons. The lowest BCUT2D eigenvalue weighted by atomic mass is 10.0. The molecule has 7 heteroatoms. The second-order valence-electron chi connectivity index (χ2n) is 6.10. The molecule has 0 aliphatic rings. The van der Waals surface area contributed by atoms with Gasteiger partial charge in [0.25, 0.3) is 0 Å². The molecule has 0 radical (unpaired) electrons. The van der Waals surface area contributed by atoms with E-state index in [4.69, 9.17) is 18.9 Å². The molecule has 0 fully saturated rings. The van der Waals surface area contributed by atoms with Crippen molar-refractivity contribution < 1.29 is 33.6 Å². The van der Waals surface area contributed by atoms with E-state index in [0.717, 1.165) is 0 Å². The van der Waals surface area contributed by atoms with Gasteiger partial charge >= 0.3 is 11.9 Å². The molecule has 0 aromatic heterocycles. The van der Waals surface area contributed by atoms with E-state index in [-0.39, 0.29) is 25.4 Å². The van der Waals surface area contributed by atoms with Crippen molar-refractivity contribution in [2.75, 3.05) is 27.1 Å². The first-order chi connectivity index (χ1) is 9.99. The highest BCUT2D eigenvalue weighted by Crippen LogP contribution is 2.17. The number of ether oxygens (including phenoxy) is 4. The van der Waals surface area contributed by atoms with Crippen LogP contribution in [0, 0.1) is 0 Å². The highest BCUT2D eigenvalue weighted by atomic mass is 16.7. The minimum absolute atomic E-state index is 0.0644. The van der Waals surface area contributed by atoms with Crippen molar-refractivity contribution in [3.05, 3.63) is 12.2 Å². The smallest absolute Gasteiger partial charge is 0.333 e. The molecular formula is C15H26O7. The zero-order valence-corrected chi connectivity index (χ0v) is 13.9. The van der Waals surface area contributed by atoms with Gasteiger partial charge in [-0.05, 0) is 27.7 Å². The van der Waals surface area contributed by atoms with Crippen LogP contribution in [0.3, 0.4) is 0 Å². The van der Waals surface area contributed by atoms with Gasteiger partial charge in [-0.2, -0.15) is 0 Å². The van der Waals surface area contributed by atoms with Gasteiger partial charge < -0.3 is 24.1 Å². The van der Waals surface area contributed by atoms with Gasteiger partial charge in [0.15, 0.2) is 0 Å². The van der Waals surface area contributed by atoms with Gasteiger partial charge in [0.05, 0.1) is 13.0 Å². The maximum atomic E-state index is 11.9. The monoisotopic (exact) mass is 318 g/mol. The number of methoxy groups -OCH3 is 1. The van der Waals surface area contributed by atoms with Crippen LogP contribution in [0.2, 0.25) is 0 Å². The van der Waals surface area contributed by atoms with Crippen LogP contribution in [0.25, 0.3) is 0 Å². The summed E-state index contributed by atoms with van der Waals surface area (Å²) in [6, 6.07) is 0. The molecule has 7 nitrogen and oxygen atoms in total. The van der Waals surface area contributed by atoms with Crippen molar-refractivity contribution in [3.63, 3.8) is 0 Å². The minimum Gasteiger partial charge on any atom is -0.460 e.